The minimum atomic E-state index is -0.377. The van der Waals surface area contributed by atoms with E-state index in [0.717, 1.165) is 35.9 Å². The summed E-state index contributed by atoms with van der Waals surface area (Å²) in [5, 5.41) is 7.02. The molecule has 0 spiro atoms. The number of amides is 3. The Morgan fingerprint density at radius 2 is 1.83 bits per heavy atom. The van der Waals surface area contributed by atoms with Gasteiger partial charge in [0.2, 0.25) is 5.91 Å². The molecule has 0 aliphatic carbocycles. The number of halogens is 3. The van der Waals surface area contributed by atoms with Crippen LogP contribution in [0.25, 0.3) is 10.9 Å². The van der Waals surface area contributed by atoms with Crippen LogP contribution in [0.2, 0.25) is 10.0 Å². The first-order chi connectivity index (χ1) is 16.8. The third kappa shape index (κ3) is 7.63. The van der Waals surface area contributed by atoms with Crippen molar-refractivity contribution >= 4 is 64.1 Å². The lowest BCUT2D eigenvalue weighted by atomic mass is 10.1. The van der Waals surface area contributed by atoms with E-state index in [4.69, 9.17) is 27.9 Å². The normalized spacial score (nSPS) is 10.5. The fourth-order valence-electron chi connectivity index (χ4n) is 3.51. The fourth-order valence-corrected chi connectivity index (χ4v) is 4.12. The minimum Gasteiger partial charge on any atom is -0.487 e. The van der Waals surface area contributed by atoms with Gasteiger partial charge in [-0.05, 0) is 37.6 Å². The molecule has 0 radical (unpaired) electrons. The Morgan fingerprint density at radius 3 is 2.58 bits per heavy atom. The van der Waals surface area contributed by atoms with Gasteiger partial charge in [-0.3, -0.25) is 4.79 Å². The number of urea groups is 1. The van der Waals surface area contributed by atoms with Gasteiger partial charge >= 0.3 is 6.03 Å². The van der Waals surface area contributed by atoms with E-state index in [9.17, 15) is 9.59 Å². The van der Waals surface area contributed by atoms with Crippen molar-refractivity contribution < 1.29 is 14.3 Å². The Morgan fingerprint density at radius 1 is 1.06 bits per heavy atom. The number of likely N-dealkylation sites (N-methyl/N-ethyl adjacent to an activating group) is 1. The molecule has 2 aromatic carbocycles. The summed E-state index contributed by atoms with van der Waals surface area (Å²) in [4.78, 5) is 30.6. The molecular weight excluding hydrogens is 523 g/mol. The highest BCUT2D eigenvalue weighted by Gasteiger charge is 2.19. The molecule has 3 amide bonds. The summed E-state index contributed by atoms with van der Waals surface area (Å²) in [7, 11) is 1.60. The SMILES string of the molecule is CCCCCNC(=O)NCC(=O)N(C)c1ccc(Cl)c(COc2cccc3ccc(C)nc23)c1Cl.Cl. The summed E-state index contributed by atoms with van der Waals surface area (Å²) in [6.07, 6.45) is 3.01. The van der Waals surface area contributed by atoms with Crippen molar-refractivity contribution in [3.63, 3.8) is 0 Å². The number of nitrogens with one attached hydrogen (secondary N) is 2. The zero-order valence-corrected chi connectivity index (χ0v) is 22.9. The summed E-state index contributed by atoms with van der Waals surface area (Å²) in [6, 6.07) is 12.6. The lowest BCUT2D eigenvalue weighted by molar-refractivity contribution is -0.117. The number of aryl methyl sites for hydroxylation is 1. The average Bonchev–Trinajstić information content (AvgIpc) is 2.84. The first-order valence-electron chi connectivity index (χ1n) is 11.6. The maximum Gasteiger partial charge on any atom is 0.315 e. The van der Waals surface area contributed by atoms with Gasteiger partial charge in [0.1, 0.15) is 17.9 Å². The number of unbranched alkanes of at least 4 members (excludes halogenated alkanes) is 2. The summed E-state index contributed by atoms with van der Waals surface area (Å²) >= 11 is 13.1. The standard InChI is InChI=1S/C26H30Cl2N4O3.ClH/c1-4-5-6-14-29-26(34)30-15-23(33)32(3)21-13-12-20(27)19(24(21)28)16-35-22-9-7-8-18-11-10-17(2)31-25(18)22;/h7-13H,4-6,14-16H2,1-3H3,(H2,29,30,34);1H. The zero-order valence-electron chi connectivity index (χ0n) is 20.6. The zero-order chi connectivity index (χ0) is 25.4. The van der Waals surface area contributed by atoms with Crippen LogP contribution >= 0.6 is 35.6 Å². The van der Waals surface area contributed by atoms with E-state index in [-0.39, 0.29) is 37.5 Å². The number of benzene rings is 2. The molecule has 0 fully saturated rings. The molecule has 2 N–H and O–H groups in total. The lowest BCUT2D eigenvalue weighted by Crippen LogP contribution is -2.43. The number of anilines is 1. The largest absolute Gasteiger partial charge is 0.487 e. The number of hydrogen-bond acceptors (Lipinski definition) is 4. The second kappa shape index (κ2) is 14.1. The van der Waals surface area contributed by atoms with Gasteiger partial charge in [-0.2, -0.15) is 0 Å². The Balaban J connectivity index is 0.00000456. The topological polar surface area (TPSA) is 83.6 Å². The molecule has 194 valence electrons. The van der Waals surface area contributed by atoms with E-state index in [2.05, 4.69) is 22.5 Å². The Hall–Kier alpha value is -2.74. The van der Waals surface area contributed by atoms with Crippen molar-refractivity contribution in [3.8, 4) is 5.75 Å². The van der Waals surface area contributed by atoms with Crippen LogP contribution in [0.4, 0.5) is 10.5 Å². The van der Waals surface area contributed by atoms with Gasteiger partial charge in [-0.15, -0.1) is 12.4 Å². The van der Waals surface area contributed by atoms with Crippen molar-refractivity contribution in [1.29, 1.82) is 0 Å². The number of ether oxygens (including phenoxy) is 1. The van der Waals surface area contributed by atoms with Crippen LogP contribution in [0.15, 0.2) is 42.5 Å². The maximum atomic E-state index is 12.7. The third-order valence-corrected chi connectivity index (χ3v) is 6.34. The number of para-hydroxylation sites is 1. The van der Waals surface area contributed by atoms with Crippen molar-refractivity contribution in [2.45, 2.75) is 39.7 Å². The minimum absolute atomic E-state index is 0. The Kier molecular flexibility index (Phi) is 11.6. The average molecular weight is 554 g/mol. The van der Waals surface area contributed by atoms with Gasteiger partial charge in [-0.25, -0.2) is 9.78 Å². The highest BCUT2D eigenvalue weighted by atomic mass is 35.5. The monoisotopic (exact) mass is 552 g/mol. The Bertz CT molecular complexity index is 1210. The van der Waals surface area contributed by atoms with Gasteiger partial charge < -0.3 is 20.3 Å². The van der Waals surface area contributed by atoms with Crippen LogP contribution in [-0.2, 0) is 11.4 Å². The van der Waals surface area contributed by atoms with Gasteiger partial charge in [-0.1, -0.05) is 61.2 Å². The predicted octanol–water partition coefficient (Wildman–Crippen LogP) is 6.30. The van der Waals surface area contributed by atoms with Gasteiger partial charge in [0, 0.05) is 35.3 Å². The quantitative estimate of drug-likeness (QED) is 0.289. The third-order valence-electron chi connectivity index (χ3n) is 5.56. The molecule has 10 heteroatoms. The van der Waals surface area contributed by atoms with Gasteiger partial charge in [0.15, 0.2) is 0 Å². The first-order valence-corrected chi connectivity index (χ1v) is 12.3. The summed E-state index contributed by atoms with van der Waals surface area (Å²) in [6.45, 7) is 4.52. The van der Waals surface area contributed by atoms with Crippen LogP contribution in [0.3, 0.4) is 0 Å². The van der Waals surface area contributed by atoms with Crippen LogP contribution in [0.1, 0.15) is 37.4 Å². The highest BCUT2D eigenvalue weighted by molar-refractivity contribution is 6.38. The number of carbonyl (C=O) groups is 2. The van der Waals surface area contributed by atoms with E-state index >= 15 is 0 Å². The van der Waals surface area contributed by atoms with E-state index in [1.54, 1.807) is 19.2 Å². The molecule has 0 saturated carbocycles. The number of nitrogens with zero attached hydrogens (tertiary/aromatic N) is 2. The van der Waals surface area contributed by atoms with Crippen molar-refractivity contribution in [1.82, 2.24) is 15.6 Å². The van der Waals surface area contributed by atoms with Crippen molar-refractivity contribution in [2.24, 2.45) is 0 Å². The number of aromatic nitrogens is 1. The van der Waals surface area contributed by atoms with Crippen LogP contribution in [0, 0.1) is 6.92 Å². The van der Waals surface area contributed by atoms with E-state index in [1.165, 1.54) is 4.90 Å². The molecule has 1 heterocycles. The predicted molar refractivity (Wildman–Crippen MR) is 149 cm³/mol. The second-order valence-electron chi connectivity index (χ2n) is 8.20. The van der Waals surface area contributed by atoms with Crippen LogP contribution in [0.5, 0.6) is 5.75 Å². The first kappa shape index (κ1) is 29.5. The molecule has 0 saturated heterocycles. The lowest BCUT2D eigenvalue weighted by Gasteiger charge is -2.21. The maximum absolute atomic E-state index is 12.7. The number of hydrogen-bond donors (Lipinski definition) is 2. The number of rotatable bonds is 10. The van der Waals surface area contributed by atoms with Gasteiger partial charge in [0.05, 0.1) is 17.3 Å². The van der Waals surface area contributed by atoms with E-state index in [0.29, 0.717) is 33.6 Å². The molecule has 1 aromatic heterocycles. The number of fused-ring (bicyclic) bond motifs is 1. The highest BCUT2D eigenvalue weighted by Crippen LogP contribution is 2.35. The van der Waals surface area contributed by atoms with Crippen LogP contribution < -0.4 is 20.3 Å². The Labute approximate surface area is 227 Å². The number of pyridine rings is 1. The fraction of sp³-hybridized carbons (Fsp3) is 0.346. The summed E-state index contributed by atoms with van der Waals surface area (Å²) in [5.41, 5.74) is 2.66. The molecule has 36 heavy (non-hydrogen) atoms. The molecular formula is C26H31Cl3N4O3. The van der Waals surface area contributed by atoms with E-state index in [1.807, 2.05) is 37.3 Å². The molecule has 0 aliphatic heterocycles. The summed E-state index contributed by atoms with van der Waals surface area (Å²) < 4.78 is 6.05. The van der Waals surface area contributed by atoms with Crippen LogP contribution in [-0.4, -0.2) is 37.1 Å². The summed E-state index contributed by atoms with van der Waals surface area (Å²) in [5.74, 6) is 0.292. The second-order valence-corrected chi connectivity index (χ2v) is 8.98. The molecule has 3 aromatic rings. The molecule has 3 rings (SSSR count). The number of carbonyl (C=O) groups excluding carboxylic acids is 2. The molecule has 0 bridgehead atoms. The molecule has 0 atom stereocenters. The van der Waals surface area contributed by atoms with Crippen molar-refractivity contribution in [2.75, 3.05) is 25.0 Å². The molecule has 0 unspecified atom stereocenters. The molecule has 7 nitrogen and oxygen atoms in total. The smallest absolute Gasteiger partial charge is 0.315 e. The van der Waals surface area contributed by atoms with E-state index < -0.39 is 0 Å². The van der Waals surface area contributed by atoms with Gasteiger partial charge in [0.25, 0.3) is 0 Å². The molecule has 0 aliphatic rings. The van der Waals surface area contributed by atoms with Crippen molar-refractivity contribution in [3.05, 3.63) is 63.8 Å².